The van der Waals surface area contributed by atoms with Crippen molar-refractivity contribution >= 4 is 5.97 Å². The molecule has 4 aliphatic heterocycles. The van der Waals surface area contributed by atoms with E-state index in [-0.39, 0.29) is 73.0 Å². The van der Waals surface area contributed by atoms with E-state index in [0.717, 1.165) is 44.1 Å². The van der Waals surface area contributed by atoms with Crippen molar-refractivity contribution in [1.29, 1.82) is 0 Å². The van der Waals surface area contributed by atoms with Gasteiger partial charge in [0.25, 0.3) is 0 Å². The summed E-state index contributed by atoms with van der Waals surface area (Å²) in [6.45, 7) is 10.3. The molecule has 4 heterocycles. The van der Waals surface area contributed by atoms with Gasteiger partial charge in [0.1, 0.15) is 24.9 Å². The number of carbonyl (C=O) groups excluding carboxylic acids is 1. The summed E-state index contributed by atoms with van der Waals surface area (Å²) >= 11 is 0. The Morgan fingerprint density at radius 3 is 1.95 bits per heavy atom. The first-order chi connectivity index (χ1) is 27.1. The molecule has 4 aliphatic carbocycles. The molecule has 4 N–H and O–H groups in total. The van der Waals surface area contributed by atoms with Crippen LogP contribution >= 0.6 is 0 Å². The number of ether oxygens (including phenoxy) is 9. The first-order valence-electron chi connectivity index (χ1n) is 21.7. The van der Waals surface area contributed by atoms with Crippen molar-refractivity contribution in [2.75, 3.05) is 20.8 Å². The van der Waals surface area contributed by atoms with Crippen molar-refractivity contribution < 1.29 is 67.9 Å². The highest BCUT2D eigenvalue weighted by atomic mass is 16.7. The predicted molar refractivity (Wildman–Crippen MR) is 202 cm³/mol. The molecule has 0 aromatic carbocycles. The fraction of sp³-hybridized carbons (Fsp3) is 0.930. The molecular formula is C43H68O14. The Morgan fingerprint density at radius 2 is 1.33 bits per heavy atom. The molecule has 21 atom stereocenters. The number of aliphatic hydroxyl groups is 4. The molecule has 0 aromatic heterocycles. The van der Waals surface area contributed by atoms with E-state index in [9.17, 15) is 25.2 Å². The van der Waals surface area contributed by atoms with Crippen molar-refractivity contribution in [3.8, 4) is 0 Å². The van der Waals surface area contributed by atoms with E-state index in [4.69, 9.17) is 42.6 Å². The molecule has 21 unspecified atom stereocenters. The maximum Gasteiger partial charge on any atom is 0.331 e. The fourth-order valence-electron chi connectivity index (χ4n) is 13.3. The largest absolute Gasteiger partial charge is 0.458 e. The van der Waals surface area contributed by atoms with Crippen molar-refractivity contribution in [1.82, 2.24) is 0 Å². The van der Waals surface area contributed by atoms with Crippen LogP contribution in [-0.4, -0.2) is 139 Å². The molecule has 0 amide bonds. The van der Waals surface area contributed by atoms with Crippen LogP contribution in [0.2, 0.25) is 0 Å². The topological polar surface area (TPSA) is 181 Å². The normalized spacial score (nSPS) is 54.0. The van der Waals surface area contributed by atoms with Crippen molar-refractivity contribution in [2.45, 2.75) is 197 Å². The molecule has 0 spiro atoms. The molecule has 3 saturated heterocycles. The Morgan fingerprint density at radius 1 is 0.702 bits per heavy atom. The fourth-order valence-corrected chi connectivity index (χ4v) is 13.3. The SMILES string of the molecule is COC1CC(OC2CCC3(C)C(CCC4C3CC(O)C3(C)C(C5=CC(=O)OC5)CCC43O)C2)OC(C)C1OC1CC(O)C(OC2CC(O)C(OC)C(C)O2)C(C)O1. The standard InChI is InChI=1S/C43H68O14/c1-21-38(50-7)30(44)17-35(52-21)56-39-22(2)53-36(18-31(39)45)57-40-23(3)54-37(19-32(40)49-6)55-26-10-12-41(4)25(15-26)8-9-28-29(41)16-33(46)42(5)27(11-13-43(28,42)48)24-14-34(47)51-20-24/h14,21-23,25-33,35-40,44-46,48H,8-13,15-20H2,1-7H3. The van der Waals surface area contributed by atoms with E-state index in [0.29, 0.717) is 25.2 Å². The number of aliphatic hydroxyl groups excluding tert-OH is 3. The van der Waals surface area contributed by atoms with Crippen LogP contribution in [0.25, 0.3) is 0 Å². The van der Waals surface area contributed by atoms with Gasteiger partial charge in [0.2, 0.25) is 0 Å². The molecule has 14 heteroatoms. The number of hydrogen-bond acceptors (Lipinski definition) is 14. The monoisotopic (exact) mass is 808 g/mol. The first kappa shape index (κ1) is 42.4. The quantitative estimate of drug-likeness (QED) is 0.196. The number of cyclic esters (lactones) is 1. The Balaban J connectivity index is 0.846. The maximum atomic E-state index is 12.6. The number of methoxy groups -OCH3 is 2. The minimum Gasteiger partial charge on any atom is -0.458 e. The van der Waals surface area contributed by atoms with E-state index in [2.05, 4.69) is 13.8 Å². The Labute approximate surface area is 337 Å². The summed E-state index contributed by atoms with van der Waals surface area (Å²) in [6, 6.07) is 0. The van der Waals surface area contributed by atoms with Gasteiger partial charge in [-0.1, -0.05) is 13.8 Å². The van der Waals surface area contributed by atoms with Gasteiger partial charge >= 0.3 is 5.97 Å². The molecule has 8 aliphatic rings. The predicted octanol–water partition coefficient (Wildman–Crippen LogP) is 3.53. The van der Waals surface area contributed by atoms with Crippen LogP contribution in [-0.2, 0) is 47.4 Å². The number of esters is 1. The summed E-state index contributed by atoms with van der Waals surface area (Å²) in [5, 5.41) is 46.2. The minimum atomic E-state index is -0.996. The van der Waals surface area contributed by atoms with E-state index in [1.807, 2.05) is 20.8 Å². The average molecular weight is 809 g/mol. The highest BCUT2D eigenvalue weighted by Gasteiger charge is 2.71. The van der Waals surface area contributed by atoms with Crippen LogP contribution in [0.1, 0.15) is 105 Å². The molecule has 57 heavy (non-hydrogen) atoms. The summed E-state index contributed by atoms with van der Waals surface area (Å²) < 4.78 is 54.5. The van der Waals surface area contributed by atoms with Crippen LogP contribution in [0.4, 0.5) is 0 Å². The molecule has 324 valence electrons. The zero-order valence-electron chi connectivity index (χ0n) is 34.8. The van der Waals surface area contributed by atoms with Crippen molar-refractivity contribution in [3.05, 3.63) is 11.6 Å². The molecule has 8 rings (SSSR count). The lowest BCUT2D eigenvalue weighted by atomic mass is 9.42. The zero-order chi connectivity index (χ0) is 40.6. The van der Waals surface area contributed by atoms with Crippen LogP contribution in [0.5, 0.6) is 0 Å². The molecule has 0 bridgehead atoms. The van der Waals surface area contributed by atoms with Crippen LogP contribution in [0, 0.1) is 34.5 Å². The van der Waals surface area contributed by atoms with Gasteiger partial charge in [0, 0.05) is 45.0 Å². The number of carbonyl (C=O) groups is 1. The second-order valence-electron chi connectivity index (χ2n) is 19.2. The molecule has 7 fully saturated rings. The Bertz CT molecular complexity index is 1450. The second-order valence-corrected chi connectivity index (χ2v) is 19.2. The van der Waals surface area contributed by atoms with Gasteiger partial charge in [-0.25, -0.2) is 4.79 Å². The zero-order valence-corrected chi connectivity index (χ0v) is 34.8. The minimum absolute atomic E-state index is 0.0172. The second kappa shape index (κ2) is 16.2. The van der Waals surface area contributed by atoms with Gasteiger partial charge in [-0.15, -0.1) is 0 Å². The Kier molecular flexibility index (Phi) is 12.1. The third-order valence-electron chi connectivity index (χ3n) is 16.5. The molecule has 0 radical (unpaired) electrons. The number of fused-ring (bicyclic) bond motifs is 5. The summed E-state index contributed by atoms with van der Waals surface area (Å²) in [5.74, 6) is 0.307. The van der Waals surface area contributed by atoms with Crippen LogP contribution in [0.15, 0.2) is 11.6 Å². The summed E-state index contributed by atoms with van der Waals surface area (Å²) in [4.78, 5) is 12.0. The highest BCUT2D eigenvalue weighted by Crippen LogP contribution is 2.70. The van der Waals surface area contributed by atoms with E-state index in [1.165, 1.54) is 0 Å². The maximum absolute atomic E-state index is 12.6. The van der Waals surface area contributed by atoms with Gasteiger partial charge in [0.05, 0.1) is 54.4 Å². The van der Waals surface area contributed by atoms with Gasteiger partial charge in [0.15, 0.2) is 18.9 Å². The average Bonchev–Trinajstić information content (AvgIpc) is 3.71. The summed E-state index contributed by atoms with van der Waals surface area (Å²) in [6.07, 6.45) is 1.89. The van der Waals surface area contributed by atoms with E-state index < -0.39 is 72.6 Å². The lowest BCUT2D eigenvalue weighted by Crippen LogP contribution is -2.67. The van der Waals surface area contributed by atoms with E-state index >= 15 is 0 Å². The van der Waals surface area contributed by atoms with Gasteiger partial charge in [-0.3, -0.25) is 0 Å². The van der Waals surface area contributed by atoms with Gasteiger partial charge < -0.3 is 63.1 Å². The highest BCUT2D eigenvalue weighted by molar-refractivity contribution is 5.85. The number of rotatable bonds is 9. The van der Waals surface area contributed by atoms with Crippen LogP contribution in [0.3, 0.4) is 0 Å². The summed E-state index contributed by atoms with van der Waals surface area (Å²) in [7, 11) is 3.21. The summed E-state index contributed by atoms with van der Waals surface area (Å²) in [5.41, 5.74) is -0.820. The number of hydrogen-bond donors (Lipinski definition) is 4. The molecule has 0 aromatic rings. The van der Waals surface area contributed by atoms with Crippen LogP contribution < -0.4 is 0 Å². The third kappa shape index (κ3) is 7.37. The van der Waals surface area contributed by atoms with Gasteiger partial charge in [-0.05, 0) is 107 Å². The van der Waals surface area contributed by atoms with Crippen molar-refractivity contribution in [3.63, 3.8) is 0 Å². The van der Waals surface area contributed by atoms with Gasteiger partial charge in [-0.2, -0.15) is 0 Å². The molecular weight excluding hydrogens is 740 g/mol. The smallest absolute Gasteiger partial charge is 0.331 e. The lowest BCUT2D eigenvalue weighted by molar-refractivity contribution is -0.338. The lowest BCUT2D eigenvalue weighted by Gasteiger charge is -2.65. The Hall–Kier alpha value is -1.27. The van der Waals surface area contributed by atoms with Crippen molar-refractivity contribution in [2.24, 2.45) is 34.5 Å². The molecule has 14 nitrogen and oxygen atoms in total. The third-order valence-corrected chi connectivity index (χ3v) is 16.5. The first-order valence-corrected chi connectivity index (χ1v) is 21.7. The van der Waals surface area contributed by atoms with E-state index in [1.54, 1.807) is 20.3 Å². The molecule has 4 saturated carbocycles.